The summed E-state index contributed by atoms with van der Waals surface area (Å²) in [6.07, 6.45) is 1.10. The van der Waals surface area contributed by atoms with E-state index >= 15 is 0 Å². The van der Waals surface area contributed by atoms with Crippen LogP contribution in [0.15, 0.2) is 48.5 Å². The summed E-state index contributed by atoms with van der Waals surface area (Å²) in [5.41, 5.74) is 4.19. The van der Waals surface area contributed by atoms with Crippen molar-refractivity contribution in [1.29, 1.82) is 0 Å². The van der Waals surface area contributed by atoms with E-state index in [0.717, 1.165) is 23.2 Å². The molecule has 0 fully saturated rings. The number of para-hydroxylation sites is 1. The Morgan fingerprint density at radius 3 is 2.62 bits per heavy atom. The summed E-state index contributed by atoms with van der Waals surface area (Å²) in [4.78, 5) is 24.1. The molecule has 136 valence electrons. The van der Waals surface area contributed by atoms with Gasteiger partial charge in [0.05, 0.1) is 6.61 Å². The van der Waals surface area contributed by atoms with E-state index in [-0.39, 0.29) is 30.8 Å². The maximum atomic E-state index is 12.1. The molecule has 26 heavy (non-hydrogen) atoms. The highest BCUT2D eigenvalue weighted by Crippen LogP contribution is 2.26. The molecule has 1 aliphatic heterocycles. The lowest BCUT2D eigenvalue weighted by Crippen LogP contribution is -2.32. The second kappa shape index (κ2) is 8.63. The van der Waals surface area contributed by atoms with Gasteiger partial charge in [-0.3, -0.25) is 9.59 Å². The third kappa shape index (κ3) is 4.70. The van der Waals surface area contributed by atoms with Crippen LogP contribution in [0.3, 0.4) is 0 Å². The first-order valence-electron chi connectivity index (χ1n) is 8.95. The number of benzene rings is 2. The first-order chi connectivity index (χ1) is 12.6. The number of ether oxygens (including phenoxy) is 1. The fourth-order valence-electron chi connectivity index (χ4n) is 3.09. The number of aryl methyl sites for hydroxylation is 1. The Morgan fingerprint density at radius 1 is 1.04 bits per heavy atom. The monoisotopic (exact) mass is 352 g/mol. The van der Waals surface area contributed by atoms with Crippen LogP contribution < -0.4 is 10.6 Å². The number of hydrogen-bond acceptors (Lipinski definition) is 3. The van der Waals surface area contributed by atoms with Crippen molar-refractivity contribution < 1.29 is 14.3 Å². The van der Waals surface area contributed by atoms with Crippen molar-refractivity contribution in [1.82, 2.24) is 5.32 Å². The smallest absolute Gasteiger partial charge is 0.224 e. The Morgan fingerprint density at radius 2 is 1.77 bits per heavy atom. The summed E-state index contributed by atoms with van der Waals surface area (Å²) in [5.74, 6) is -0.301. The fraction of sp³-hybridized carbons (Fsp3) is 0.333. The van der Waals surface area contributed by atoms with Crippen molar-refractivity contribution in [3.05, 3.63) is 65.2 Å². The van der Waals surface area contributed by atoms with Gasteiger partial charge in [-0.15, -0.1) is 0 Å². The molecule has 1 heterocycles. The first kappa shape index (κ1) is 18.1. The number of carbonyl (C=O) groups excluding carboxylic acids is 2. The number of fused-ring (bicyclic) bond motifs is 1. The van der Waals surface area contributed by atoms with Gasteiger partial charge in [-0.25, -0.2) is 0 Å². The molecule has 0 aliphatic carbocycles. The predicted octanol–water partition coefficient (Wildman–Crippen LogP) is 3.14. The van der Waals surface area contributed by atoms with E-state index in [4.69, 9.17) is 4.74 Å². The van der Waals surface area contributed by atoms with Gasteiger partial charge in [-0.2, -0.15) is 0 Å². The van der Waals surface area contributed by atoms with Gasteiger partial charge in [0.15, 0.2) is 0 Å². The molecule has 2 aromatic rings. The van der Waals surface area contributed by atoms with E-state index in [2.05, 4.69) is 16.7 Å². The van der Waals surface area contributed by atoms with E-state index in [9.17, 15) is 9.59 Å². The molecule has 5 heteroatoms. The van der Waals surface area contributed by atoms with Crippen LogP contribution in [0.5, 0.6) is 0 Å². The Labute approximate surface area is 153 Å². The SMILES string of the molecule is Cc1ccccc1NC(=O)CCC(=O)NC[C@H]1OCCc2ccccc21. The summed E-state index contributed by atoms with van der Waals surface area (Å²) in [6.45, 7) is 3.02. The number of amides is 2. The Hall–Kier alpha value is -2.66. The van der Waals surface area contributed by atoms with Gasteiger partial charge < -0.3 is 15.4 Å². The Kier molecular flexibility index (Phi) is 6.02. The summed E-state index contributed by atoms with van der Waals surface area (Å²) in [6, 6.07) is 15.7. The average Bonchev–Trinajstić information content (AvgIpc) is 2.66. The Balaban J connectivity index is 1.44. The third-order valence-electron chi connectivity index (χ3n) is 4.58. The molecule has 0 saturated carbocycles. The molecular formula is C21H24N2O3. The van der Waals surface area contributed by atoms with Crippen LogP contribution in [0.25, 0.3) is 0 Å². The van der Waals surface area contributed by atoms with Crippen LogP contribution in [0.1, 0.15) is 35.6 Å². The highest BCUT2D eigenvalue weighted by Gasteiger charge is 2.20. The van der Waals surface area contributed by atoms with Gasteiger partial charge >= 0.3 is 0 Å². The molecule has 1 atom stereocenters. The van der Waals surface area contributed by atoms with E-state index in [1.165, 1.54) is 5.56 Å². The second-order valence-electron chi connectivity index (χ2n) is 6.48. The number of hydrogen-bond donors (Lipinski definition) is 2. The summed E-state index contributed by atoms with van der Waals surface area (Å²) >= 11 is 0. The van der Waals surface area contributed by atoms with Crippen molar-refractivity contribution in [2.24, 2.45) is 0 Å². The van der Waals surface area contributed by atoms with Gasteiger partial charge in [0.2, 0.25) is 11.8 Å². The second-order valence-corrected chi connectivity index (χ2v) is 6.48. The molecule has 0 bridgehead atoms. The van der Waals surface area contributed by atoms with Crippen molar-refractivity contribution in [2.75, 3.05) is 18.5 Å². The lowest BCUT2D eigenvalue weighted by atomic mass is 9.97. The van der Waals surface area contributed by atoms with Gasteiger partial charge in [0.1, 0.15) is 6.10 Å². The normalized spacial score (nSPS) is 15.8. The van der Waals surface area contributed by atoms with Crippen LogP contribution >= 0.6 is 0 Å². The van der Waals surface area contributed by atoms with Crippen molar-refractivity contribution in [2.45, 2.75) is 32.3 Å². The van der Waals surface area contributed by atoms with E-state index in [1.54, 1.807) is 0 Å². The standard InChI is InChI=1S/C21H24N2O3/c1-15-6-2-5-9-18(15)23-21(25)11-10-20(24)22-14-19-17-8-4-3-7-16(17)12-13-26-19/h2-9,19H,10-14H2,1H3,(H,22,24)(H,23,25)/t19-/m1/s1. The molecular weight excluding hydrogens is 328 g/mol. The van der Waals surface area contributed by atoms with E-state index in [1.807, 2.05) is 49.4 Å². The molecule has 0 saturated heterocycles. The topological polar surface area (TPSA) is 67.4 Å². The molecule has 0 aromatic heterocycles. The molecule has 0 spiro atoms. The summed E-state index contributed by atoms with van der Waals surface area (Å²) in [5, 5.41) is 5.72. The lowest BCUT2D eigenvalue weighted by molar-refractivity contribution is -0.124. The minimum absolute atomic E-state index is 0.121. The van der Waals surface area contributed by atoms with Gasteiger partial charge in [0, 0.05) is 25.1 Å². The zero-order valence-corrected chi connectivity index (χ0v) is 15.0. The van der Waals surface area contributed by atoms with Gasteiger partial charge in [0.25, 0.3) is 0 Å². The summed E-state index contributed by atoms with van der Waals surface area (Å²) < 4.78 is 5.78. The molecule has 1 aliphatic rings. The molecule has 2 aromatic carbocycles. The number of anilines is 1. The maximum Gasteiger partial charge on any atom is 0.224 e. The Bertz CT molecular complexity index is 788. The average molecular weight is 352 g/mol. The number of carbonyl (C=O) groups is 2. The molecule has 3 rings (SSSR count). The van der Waals surface area contributed by atoms with Crippen LogP contribution in [0, 0.1) is 6.92 Å². The molecule has 5 nitrogen and oxygen atoms in total. The molecule has 2 N–H and O–H groups in total. The fourth-order valence-corrected chi connectivity index (χ4v) is 3.09. The highest BCUT2D eigenvalue weighted by atomic mass is 16.5. The lowest BCUT2D eigenvalue weighted by Gasteiger charge is -2.26. The van der Waals surface area contributed by atoms with Crippen molar-refractivity contribution in [3.8, 4) is 0 Å². The molecule has 0 unspecified atom stereocenters. The molecule has 0 radical (unpaired) electrons. The minimum Gasteiger partial charge on any atom is -0.371 e. The van der Waals surface area contributed by atoms with Crippen LogP contribution in [-0.4, -0.2) is 25.0 Å². The van der Waals surface area contributed by atoms with Crippen LogP contribution in [0.4, 0.5) is 5.69 Å². The third-order valence-corrected chi connectivity index (χ3v) is 4.58. The van der Waals surface area contributed by atoms with E-state index < -0.39 is 0 Å². The minimum atomic E-state index is -0.159. The highest BCUT2D eigenvalue weighted by molar-refractivity contribution is 5.93. The van der Waals surface area contributed by atoms with Gasteiger partial charge in [-0.1, -0.05) is 42.5 Å². The molecule has 2 amide bonds. The van der Waals surface area contributed by atoms with Crippen LogP contribution in [0.2, 0.25) is 0 Å². The zero-order valence-electron chi connectivity index (χ0n) is 15.0. The predicted molar refractivity (Wildman–Crippen MR) is 101 cm³/mol. The van der Waals surface area contributed by atoms with Crippen LogP contribution in [-0.2, 0) is 20.7 Å². The number of rotatable bonds is 6. The first-order valence-corrected chi connectivity index (χ1v) is 8.95. The zero-order chi connectivity index (χ0) is 18.4. The van der Waals surface area contributed by atoms with Crippen molar-refractivity contribution in [3.63, 3.8) is 0 Å². The summed E-state index contributed by atoms with van der Waals surface area (Å²) in [7, 11) is 0. The maximum absolute atomic E-state index is 12.1. The number of nitrogens with one attached hydrogen (secondary N) is 2. The van der Waals surface area contributed by atoms with Crippen molar-refractivity contribution >= 4 is 17.5 Å². The van der Waals surface area contributed by atoms with Gasteiger partial charge in [-0.05, 0) is 36.1 Å². The largest absolute Gasteiger partial charge is 0.371 e. The van der Waals surface area contributed by atoms with E-state index in [0.29, 0.717) is 13.2 Å². The quantitative estimate of drug-likeness (QED) is 0.839.